The predicted molar refractivity (Wildman–Crippen MR) is 186 cm³/mol. The van der Waals surface area contributed by atoms with Crippen molar-refractivity contribution in [2.75, 3.05) is 31.9 Å². The van der Waals surface area contributed by atoms with E-state index in [2.05, 4.69) is 23.3 Å². The third-order valence-corrected chi connectivity index (χ3v) is 10.0. The molecule has 0 radical (unpaired) electrons. The molecule has 2 amide bonds. The number of benzene rings is 1. The van der Waals surface area contributed by atoms with Gasteiger partial charge in [0.2, 0.25) is 5.91 Å². The van der Waals surface area contributed by atoms with Crippen LogP contribution in [0.4, 0.5) is 10.5 Å². The largest absolute Gasteiger partial charge is 0.495 e. The highest BCUT2D eigenvalue weighted by Crippen LogP contribution is 2.49. The highest BCUT2D eigenvalue weighted by Gasteiger charge is 2.64. The van der Waals surface area contributed by atoms with Crippen molar-refractivity contribution in [1.82, 2.24) is 10.6 Å². The van der Waals surface area contributed by atoms with Crippen molar-refractivity contribution in [2.45, 2.75) is 101 Å². The van der Waals surface area contributed by atoms with Crippen LogP contribution in [-0.4, -0.2) is 103 Å². The zero-order chi connectivity index (χ0) is 36.3. The number of aliphatic hydroxyl groups excluding tert-OH is 1. The second-order valence-corrected chi connectivity index (χ2v) is 14.0. The van der Waals surface area contributed by atoms with E-state index in [9.17, 15) is 24.6 Å². The molecule has 1 unspecified atom stereocenters. The summed E-state index contributed by atoms with van der Waals surface area (Å²) in [6, 6.07) is 2.66. The molecule has 15 heteroatoms. The van der Waals surface area contributed by atoms with E-state index in [1.165, 1.54) is 19.1 Å². The number of hydrogen-bond acceptors (Lipinski definition) is 12. The van der Waals surface area contributed by atoms with E-state index in [-0.39, 0.29) is 17.9 Å². The summed E-state index contributed by atoms with van der Waals surface area (Å²) in [6.07, 6.45) is 0.373. The normalized spacial score (nSPS) is 33.6. The Morgan fingerprint density at radius 1 is 1.31 bits per heavy atom. The zero-order valence-corrected chi connectivity index (χ0v) is 30.5. The summed E-state index contributed by atoms with van der Waals surface area (Å²) in [5.41, 5.74) is -0.850. The molecule has 1 aromatic carbocycles. The number of methoxy groups -OCH3 is 2. The highest BCUT2D eigenvalue weighted by atomic mass is 35.5. The number of esters is 1. The standard InChI is InChI=1S/C34H48ClN3O10S/c1-18-9-8-10-25(45-7)34(43)17-24(46-32(42)37-34)19(2)30-33(4,48-30)26(47-31(41)20(3)36-27(39)11-12-49)16-28(40)38(5)22-14-21(13-18)15-23(44-6)29(22)35/h8-10,14-15,19-20,24-27,30,36,39,43,49H,11-13,16-17H2,1-7H3,(H,37,42)/b10-8+,18-9+/t19-,20+,24+,25-,26+,27?,30+,33+,34+/m1/s1. The summed E-state index contributed by atoms with van der Waals surface area (Å²) < 4.78 is 29.0. The second-order valence-electron chi connectivity index (χ2n) is 13.1. The number of alkyl carbamates (subject to hydrolysis) is 1. The van der Waals surface area contributed by atoms with E-state index in [0.717, 1.165) is 11.1 Å². The quantitative estimate of drug-likeness (QED) is 0.115. The monoisotopic (exact) mass is 725 g/mol. The number of amides is 2. The Hall–Kier alpha value is -2.85. The van der Waals surface area contributed by atoms with Crippen LogP contribution in [0.3, 0.4) is 0 Å². The SMILES string of the molecule is COc1cc2cc(c1Cl)N(C)C(=O)C[C@H](OC(=O)[C@H](C)NC(O)CCS)[C@]1(C)O[C@H]1[C@H](C)[C@@H]1C[C@@](O)(NC(=O)O1)[C@H](OC)/C=C/C=C(\C)C2. The van der Waals surface area contributed by atoms with Crippen LogP contribution in [0.2, 0.25) is 5.02 Å². The van der Waals surface area contributed by atoms with Crippen LogP contribution >= 0.6 is 24.2 Å². The number of rotatable bonds is 8. The smallest absolute Gasteiger partial charge is 0.409 e. The van der Waals surface area contributed by atoms with Gasteiger partial charge in [0, 0.05) is 26.5 Å². The molecule has 2 saturated heterocycles. The van der Waals surface area contributed by atoms with Crippen molar-refractivity contribution in [3.05, 3.63) is 46.5 Å². The topological polar surface area (TPSA) is 168 Å². The molecular formula is C34H48ClN3O10S. The van der Waals surface area contributed by atoms with Crippen molar-refractivity contribution in [3.8, 4) is 5.75 Å². The van der Waals surface area contributed by atoms with E-state index >= 15 is 0 Å². The molecule has 0 aromatic heterocycles. The van der Waals surface area contributed by atoms with Crippen LogP contribution in [0.15, 0.2) is 35.9 Å². The number of hydrogen-bond donors (Lipinski definition) is 5. The molecule has 3 aliphatic heterocycles. The molecule has 4 rings (SSSR count). The van der Waals surface area contributed by atoms with Gasteiger partial charge in [-0.05, 0) is 57.1 Å². The molecule has 3 heterocycles. The molecule has 272 valence electrons. The number of epoxide rings is 1. The predicted octanol–water partition coefficient (Wildman–Crippen LogP) is 3.28. The number of allylic oxidation sites excluding steroid dienone is 3. The fourth-order valence-electron chi connectivity index (χ4n) is 6.41. The van der Waals surface area contributed by atoms with Crippen LogP contribution in [0.5, 0.6) is 5.75 Å². The number of nitrogens with zero attached hydrogens (tertiary/aromatic N) is 1. The first-order chi connectivity index (χ1) is 23.1. The van der Waals surface area contributed by atoms with Gasteiger partial charge in [-0.25, -0.2) is 4.79 Å². The number of carbonyl (C=O) groups is 3. The lowest BCUT2D eigenvalue weighted by Crippen LogP contribution is -2.63. The first-order valence-corrected chi connectivity index (χ1v) is 17.2. The third kappa shape index (κ3) is 8.91. The molecule has 0 spiro atoms. The summed E-state index contributed by atoms with van der Waals surface area (Å²) in [7, 11) is 4.50. The van der Waals surface area contributed by atoms with Crippen molar-refractivity contribution in [2.24, 2.45) is 5.92 Å². The van der Waals surface area contributed by atoms with Crippen LogP contribution in [0.25, 0.3) is 0 Å². The number of carbonyl (C=O) groups excluding carboxylic acids is 3. The first-order valence-electron chi connectivity index (χ1n) is 16.2. The van der Waals surface area contributed by atoms with Gasteiger partial charge in [-0.1, -0.05) is 42.3 Å². The lowest BCUT2D eigenvalue weighted by Gasteiger charge is -2.42. The molecule has 9 atom stereocenters. The maximum absolute atomic E-state index is 14.0. The molecular weight excluding hydrogens is 678 g/mol. The highest BCUT2D eigenvalue weighted by molar-refractivity contribution is 7.80. The van der Waals surface area contributed by atoms with Gasteiger partial charge in [0.05, 0.1) is 25.3 Å². The zero-order valence-electron chi connectivity index (χ0n) is 28.9. The lowest BCUT2D eigenvalue weighted by molar-refractivity contribution is -0.156. The average Bonchev–Trinajstić information content (AvgIpc) is 3.73. The summed E-state index contributed by atoms with van der Waals surface area (Å²) in [5.74, 6) is -0.863. The van der Waals surface area contributed by atoms with Gasteiger partial charge in [0.1, 0.15) is 47.0 Å². The number of nitrogens with one attached hydrogen (secondary N) is 2. The van der Waals surface area contributed by atoms with Gasteiger partial charge < -0.3 is 38.8 Å². The molecule has 4 bridgehead atoms. The molecule has 0 aliphatic carbocycles. The summed E-state index contributed by atoms with van der Waals surface area (Å²) in [5, 5.41) is 27.4. The summed E-state index contributed by atoms with van der Waals surface area (Å²) >= 11 is 10.8. The van der Waals surface area contributed by atoms with Crippen LogP contribution in [0.1, 0.15) is 52.5 Å². The fourth-order valence-corrected chi connectivity index (χ4v) is 6.97. The van der Waals surface area contributed by atoms with Gasteiger partial charge >= 0.3 is 12.1 Å². The average molecular weight is 726 g/mol. The van der Waals surface area contributed by atoms with E-state index in [4.69, 9.17) is 35.3 Å². The number of fused-ring (bicyclic) bond motifs is 5. The second kappa shape index (κ2) is 16.0. The lowest BCUT2D eigenvalue weighted by atomic mass is 9.83. The van der Waals surface area contributed by atoms with Crippen molar-refractivity contribution < 1.29 is 48.3 Å². The molecule has 3 aliphatic rings. The Morgan fingerprint density at radius 3 is 2.67 bits per heavy atom. The number of aliphatic hydroxyl groups is 2. The van der Waals surface area contributed by atoms with E-state index in [1.54, 1.807) is 52.1 Å². The Labute approximate surface area is 297 Å². The van der Waals surface area contributed by atoms with E-state index < -0.39 is 71.9 Å². The Morgan fingerprint density at radius 2 is 2.02 bits per heavy atom. The van der Waals surface area contributed by atoms with Crippen LogP contribution < -0.4 is 20.3 Å². The van der Waals surface area contributed by atoms with Gasteiger partial charge in [0.25, 0.3) is 0 Å². The molecule has 49 heavy (non-hydrogen) atoms. The first kappa shape index (κ1) is 38.9. The molecule has 2 fully saturated rings. The Balaban J connectivity index is 1.76. The van der Waals surface area contributed by atoms with Gasteiger partial charge in [0.15, 0.2) is 5.72 Å². The number of thiol groups is 1. The number of halogens is 1. The van der Waals surface area contributed by atoms with Gasteiger partial charge in [-0.2, -0.15) is 12.6 Å². The van der Waals surface area contributed by atoms with Crippen molar-refractivity contribution >= 4 is 47.9 Å². The van der Waals surface area contributed by atoms with E-state index in [0.29, 0.717) is 30.0 Å². The van der Waals surface area contributed by atoms with Crippen LogP contribution in [0, 0.1) is 5.92 Å². The summed E-state index contributed by atoms with van der Waals surface area (Å²) in [6.45, 7) is 6.98. The summed E-state index contributed by atoms with van der Waals surface area (Å²) in [4.78, 5) is 41.5. The molecule has 4 N–H and O–H groups in total. The number of anilines is 1. The maximum atomic E-state index is 14.0. The fraction of sp³-hybridized carbons (Fsp3) is 0.618. The minimum absolute atomic E-state index is 0.0401. The molecule has 13 nitrogen and oxygen atoms in total. The Bertz CT molecular complexity index is 1460. The van der Waals surface area contributed by atoms with Gasteiger partial charge in [-0.15, -0.1) is 0 Å². The minimum Gasteiger partial charge on any atom is -0.495 e. The van der Waals surface area contributed by atoms with Gasteiger partial charge in [-0.3, -0.25) is 20.2 Å². The van der Waals surface area contributed by atoms with Crippen molar-refractivity contribution in [3.63, 3.8) is 0 Å². The van der Waals surface area contributed by atoms with Crippen molar-refractivity contribution in [1.29, 1.82) is 0 Å². The van der Waals surface area contributed by atoms with Crippen LogP contribution in [-0.2, 0) is 35.0 Å². The Kier molecular flexibility index (Phi) is 12.7. The number of ether oxygens (including phenoxy) is 5. The third-order valence-electron chi connectivity index (χ3n) is 9.41. The molecule has 0 saturated carbocycles. The maximum Gasteiger partial charge on any atom is 0.409 e. The van der Waals surface area contributed by atoms with E-state index in [1.807, 2.05) is 13.0 Å². The molecule has 1 aromatic rings. The minimum atomic E-state index is -1.81.